The van der Waals surface area contributed by atoms with E-state index in [1.165, 1.54) is 5.69 Å². The largest absolute Gasteiger partial charge is 0.494 e. The first-order chi connectivity index (χ1) is 19.1. The molecule has 0 aliphatic heterocycles. The van der Waals surface area contributed by atoms with E-state index in [9.17, 15) is 9.59 Å². The third kappa shape index (κ3) is 10.7. The van der Waals surface area contributed by atoms with Crippen molar-refractivity contribution in [3.8, 4) is 11.5 Å². The Labute approximate surface area is 243 Å². The maximum atomic E-state index is 12.3. The molecular weight excluding hydrogens is 524 g/mol. The number of unbranched alkanes of at least 4 members (excludes halogenated alkanes) is 5. The van der Waals surface area contributed by atoms with Gasteiger partial charge in [0.15, 0.2) is 0 Å². The third-order valence-corrected chi connectivity index (χ3v) is 7.09. The quantitative estimate of drug-likeness (QED) is 0.0920. The standard InChI is InChI=1S/C33H41ClN2O4/c1-25-11-14-27(24-31(25)34)33(38)40-30-19-17-29(18-20-30)39-22-10-8-6-5-7-9-21-35-32(37)23-26-12-15-28(16-13-26)36(2,3)4/h11-20,24H,5-10,21-23H2,1-4H3/p+1. The van der Waals surface area contributed by atoms with Crippen molar-refractivity contribution in [1.29, 1.82) is 0 Å². The van der Waals surface area contributed by atoms with Crippen molar-refractivity contribution < 1.29 is 19.1 Å². The molecule has 0 aromatic heterocycles. The molecule has 0 aliphatic carbocycles. The fraction of sp³-hybridized carbons (Fsp3) is 0.394. The topological polar surface area (TPSA) is 64.6 Å². The number of carbonyl (C=O) groups is 2. The van der Waals surface area contributed by atoms with Crippen molar-refractivity contribution in [2.24, 2.45) is 0 Å². The van der Waals surface area contributed by atoms with E-state index in [4.69, 9.17) is 21.1 Å². The number of ether oxygens (including phenoxy) is 2. The lowest BCUT2D eigenvalue weighted by Crippen LogP contribution is -2.34. The minimum Gasteiger partial charge on any atom is -0.494 e. The van der Waals surface area contributed by atoms with E-state index < -0.39 is 5.97 Å². The number of quaternary nitrogens is 1. The number of nitrogens with zero attached hydrogens (tertiary/aromatic N) is 1. The molecule has 7 heteroatoms. The highest BCUT2D eigenvalue weighted by molar-refractivity contribution is 6.31. The first kappa shape index (κ1) is 31.2. The SMILES string of the molecule is Cc1ccc(C(=O)Oc2ccc(OCCCCCCCCNC(=O)Cc3ccc([N+](C)(C)C)cc3)cc2)cc1Cl. The van der Waals surface area contributed by atoms with E-state index in [-0.39, 0.29) is 5.91 Å². The molecule has 40 heavy (non-hydrogen) atoms. The Morgan fingerprint density at radius 2 is 1.43 bits per heavy atom. The Bertz CT molecular complexity index is 1230. The van der Waals surface area contributed by atoms with E-state index in [0.29, 0.717) is 29.4 Å². The zero-order valence-electron chi connectivity index (χ0n) is 24.2. The Kier molecular flexibility index (Phi) is 12.0. The molecule has 3 aromatic carbocycles. The first-order valence-corrected chi connectivity index (χ1v) is 14.4. The van der Waals surface area contributed by atoms with Gasteiger partial charge in [-0.05, 0) is 79.4 Å². The number of carbonyl (C=O) groups excluding carboxylic acids is 2. The number of nitrogens with one attached hydrogen (secondary N) is 1. The minimum atomic E-state index is -0.445. The lowest BCUT2D eigenvalue weighted by molar-refractivity contribution is -0.120. The zero-order valence-corrected chi connectivity index (χ0v) is 24.9. The molecule has 0 unspecified atom stereocenters. The molecule has 0 bridgehead atoms. The first-order valence-electron chi connectivity index (χ1n) is 14.0. The normalized spacial score (nSPS) is 11.2. The van der Waals surface area contributed by atoms with Crippen LogP contribution in [0.2, 0.25) is 5.02 Å². The van der Waals surface area contributed by atoms with Gasteiger partial charge in [0, 0.05) is 11.6 Å². The lowest BCUT2D eigenvalue weighted by Gasteiger charge is -2.23. The number of esters is 1. The second-order valence-electron chi connectivity index (χ2n) is 11.0. The summed E-state index contributed by atoms with van der Waals surface area (Å²) in [6.07, 6.45) is 6.90. The van der Waals surface area contributed by atoms with Crippen LogP contribution in [0.1, 0.15) is 60.0 Å². The molecule has 1 amide bonds. The van der Waals surface area contributed by atoms with Crippen LogP contribution >= 0.6 is 11.6 Å². The monoisotopic (exact) mass is 565 g/mol. The predicted molar refractivity (Wildman–Crippen MR) is 164 cm³/mol. The van der Waals surface area contributed by atoms with Crippen LogP contribution in [0.4, 0.5) is 5.69 Å². The van der Waals surface area contributed by atoms with Crippen LogP contribution in [0.3, 0.4) is 0 Å². The summed E-state index contributed by atoms with van der Waals surface area (Å²) in [5.74, 6) is 0.842. The summed E-state index contributed by atoms with van der Waals surface area (Å²) in [5.41, 5.74) is 3.59. The van der Waals surface area contributed by atoms with Crippen molar-refractivity contribution in [3.05, 3.63) is 88.4 Å². The highest BCUT2D eigenvalue weighted by atomic mass is 35.5. The predicted octanol–water partition coefficient (Wildman–Crippen LogP) is 7.14. The molecule has 0 saturated carbocycles. The molecule has 1 N–H and O–H groups in total. The number of aryl methyl sites for hydroxylation is 1. The molecular formula is C33H42ClN2O4+. The molecule has 3 rings (SSSR count). The molecule has 3 aromatic rings. The second-order valence-corrected chi connectivity index (χ2v) is 11.4. The van der Waals surface area contributed by atoms with Gasteiger partial charge in [-0.15, -0.1) is 0 Å². The van der Waals surface area contributed by atoms with Crippen LogP contribution in [-0.4, -0.2) is 46.2 Å². The summed E-state index contributed by atoms with van der Waals surface area (Å²) in [7, 11) is 6.38. The van der Waals surface area contributed by atoms with Gasteiger partial charge in [0.2, 0.25) is 5.91 Å². The number of rotatable bonds is 15. The summed E-state index contributed by atoms with van der Waals surface area (Å²) < 4.78 is 12.0. The van der Waals surface area contributed by atoms with E-state index in [2.05, 4.69) is 38.6 Å². The fourth-order valence-electron chi connectivity index (χ4n) is 4.15. The van der Waals surface area contributed by atoms with E-state index >= 15 is 0 Å². The molecule has 214 valence electrons. The number of amides is 1. The third-order valence-electron chi connectivity index (χ3n) is 6.68. The maximum Gasteiger partial charge on any atom is 0.343 e. The van der Waals surface area contributed by atoms with Gasteiger partial charge in [-0.2, -0.15) is 0 Å². The average molecular weight is 566 g/mol. The van der Waals surface area contributed by atoms with Gasteiger partial charge in [-0.1, -0.05) is 55.5 Å². The number of hydrogen-bond donors (Lipinski definition) is 1. The van der Waals surface area contributed by atoms with Gasteiger partial charge in [-0.25, -0.2) is 4.79 Å². The molecule has 0 heterocycles. The smallest absolute Gasteiger partial charge is 0.343 e. The highest BCUT2D eigenvalue weighted by Gasteiger charge is 2.12. The molecule has 0 spiro atoms. The van der Waals surface area contributed by atoms with Gasteiger partial charge in [0.05, 0.1) is 39.7 Å². The fourth-order valence-corrected chi connectivity index (χ4v) is 4.33. The average Bonchev–Trinajstić information content (AvgIpc) is 2.92. The van der Waals surface area contributed by atoms with E-state index in [1.807, 2.05) is 19.1 Å². The molecule has 0 aliphatic rings. The Morgan fingerprint density at radius 1 is 0.800 bits per heavy atom. The van der Waals surface area contributed by atoms with E-state index in [0.717, 1.165) is 66.4 Å². The van der Waals surface area contributed by atoms with Crippen LogP contribution in [0.25, 0.3) is 0 Å². The number of hydrogen-bond acceptors (Lipinski definition) is 4. The second kappa shape index (κ2) is 15.4. The summed E-state index contributed by atoms with van der Waals surface area (Å²) >= 11 is 6.10. The molecule has 6 nitrogen and oxygen atoms in total. The van der Waals surface area contributed by atoms with E-state index in [1.54, 1.807) is 42.5 Å². The highest BCUT2D eigenvalue weighted by Crippen LogP contribution is 2.22. The molecule has 0 atom stereocenters. The van der Waals surface area contributed by atoms with Crippen LogP contribution in [0, 0.1) is 6.92 Å². The van der Waals surface area contributed by atoms with Gasteiger partial charge in [0.1, 0.15) is 17.2 Å². The van der Waals surface area contributed by atoms with Crippen molar-refractivity contribution in [2.75, 3.05) is 34.3 Å². The Balaban J connectivity index is 1.20. The summed E-state index contributed by atoms with van der Waals surface area (Å²) in [6.45, 7) is 3.26. The number of halogens is 1. The van der Waals surface area contributed by atoms with Gasteiger partial charge in [-0.3, -0.25) is 9.28 Å². The van der Waals surface area contributed by atoms with Crippen molar-refractivity contribution in [3.63, 3.8) is 0 Å². The zero-order chi connectivity index (χ0) is 29.0. The minimum absolute atomic E-state index is 0.0810. The Hall–Kier alpha value is -3.35. The maximum absolute atomic E-state index is 12.3. The van der Waals surface area contributed by atoms with Gasteiger partial charge < -0.3 is 14.8 Å². The molecule has 0 fully saturated rings. The van der Waals surface area contributed by atoms with Crippen LogP contribution < -0.4 is 19.3 Å². The molecule has 0 radical (unpaired) electrons. The molecule has 0 saturated heterocycles. The van der Waals surface area contributed by atoms with Crippen LogP contribution in [0.5, 0.6) is 11.5 Å². The van der Waals surface area contributed by atoms with Crippen molar-refractivity contribution in [1.82, 2.24) is 9.80 Å². The van der Waals surface area contributed by atoms with Crippen LogP contribution in [0.15, 0.2) is 66.7 Å². The van der Waals surface area contributed by atoms with Crippen molar-refractivity contribution in [2.45, 2.75) is 51.9 Å². The summed E-state index contributed by atoms with van der Waals surface area (Å²) in [5, 5.41) is 3.57. The van der Waals surface area contributed by atoms with Gasteiger partial charge in [0.25, 0.3) is 0 Å². The Morgan fingerprint density at radius 3 is 2.08 bits per heavy atom. The lowest BCUT2D eigenvalue weighted by atomic mass is 10.1. The van der Waals surface area contributed by atoms with Gasteiger partial charge >= 0.3 is 5.97 Å². The van der Waals surface area contributed by atoms with Crippen molar-refractivity contribution >= 4 is 29.2 Å². The van der Waals surface area contributed by atoms with Crippen LogP contribution in [-0.2, 0) is 11.2 Å². The number of benzene rings is 3. The summed E-state index contributed by atoms with van der Waals surface area (Å²) in [6, 6.07) is 20.4. The summed E-state index contributed by atoms with van der Waals surface area (Å²) in [4.78, 5) is 24.5.